The van der Waals surface area contributed by atoms with Gasteiger partial charge in [-0.15, -0.1) is 23.1 Å². The molecule has 4 rings (SSSR count). The number of nitrogens with one attached hydrogen (secondary N) is 1. The van der Waals surface area contributed by atoms with Crippen molar-refractivity contribution in [2.75, 3.05) is 36.6 Å². The maximum absolute atomic E-state index is 12.6. The number of thiophene rings is 1. The molecule has 37 heavy (non-hydrogen) atoms. The van der Waals surface area contributed by atoms with Crippen molar-refractivity contribution < 1.29 is 23.9 Å². The first-order valence-corrected chi connectivity index (χ1v) is 15.2. The molecule has 1 aliphatic rings. The van der Waals surface area contributed by atoms with Gasteiger partial charge >= 0.3 is 5.97 Å². The summed E-state index contributed by atoms with van der Waals surface area (Å²) in [5.41, 5.74) is 2.40. The summed E-state index contributed by atoms with van der Waals surface area (Å²) in [5.74, 6) is -0.881. The van der Waals surface area contributed by atoms with Crippen molar-refractivity contribution >= 4 is 79.0 Å². The molecule has 3 aromatic rings. The fourth-order valence-corrected chi connectivity index (χ4v) is 7.33. The second-order valence-corrected chi connectivity index (χ2v) is 11.7. The third-order valence-electron chi connectivity index (χ3n) is 5.64. The van der Waals surface area contributed by atoms with Crippen LogP contribution >= 0.6 is 46.0 Å². The van der Waals surface area contributed by atoms with E-state index < -0.39 is 5.97 Å². The van der Waals surface area contributed by atoms with Gasteiger partial charge in [-0.1, -0.05) is 22.9 Å². The Hall–Kier alpha value is -2.18. The molecule has 8 nitrogen and oxygen atoms in total. The molecule has 12 heteroatoms. The van der Waals surface area contributed by atoms with Gasteiger partial charge in [-0.2, -0.15) is 4.99 Å². The second-order valence-electron chi connectivity index (χ2n) is 8.17. The van der Waals surface area contributed by atoms with Crippen LogP contribution in [0.15, 0.2) is 23.2 Å². The zero-order chi connectivity index (χ0) is 26.4. The van der Waals surface area contributed by atoms with Crippen LogP contribution in [-0.4, -0.2) is 53.7 Å². The van der Waals surface area contributed by atoms with Crippen LogP contribution in [0.3, 0.4) is 0 Å². The molecule has 1 aliphatic carbocycles. The van der Waals surface area contributed by atoms with Crippen LogP contribution in [-0.2, 0) is 38.4 Å². The summed E-state index contributed by atoms with van der Waals surface area (Å²) in [6.07, 6.45) is 2.72. The van der Waals surface area contributed by atoms with Crippen LogP contribution in [0.4, 0.5) is 5.00 Å². The molecule has 2 amide bonds. The predicted octanol–water partition coefficient (Wildman–Crippen LogP) is 4.92. The van der Waals surface area contributed by atoms with Crippen LogP contribution in [0.5, 0.6) is 0 Å². The van der Waals surface area contributed by atoms with E-state index in [-0.39, 0.29) is 29.9 Å². The van der Waals surface area contributed by atoms with Gasteiger partial charge in [0.25, 0.3) is 5.91 Å². The summed E-state index contributed by atoms with van der Waals surface area (Å²) in [7, 11) is 0. The van der Waals surface area contributed by atoms with Crippen LogP contribution in [0.1, 0.15) is 41.1 Å². The molecule has 0 spiro atoms. The van der Waals surface area contributed by atoms with Crippen molar-refractivity contribution in [1.29, 1.82) is 0 Å². The Balaban J connectivity index is 1.39. The molecule has 0 radical (unpaired) electrons. The summed E-state index contributed by atoms with van der Waals surface area (Å²) in [4.78, 5) is 43.8. The summed E-state index contributed by atoms with van der Waals surface area (Å²) in [6, 6.07) is 5.57. The quantitative estimate of drug-likeness (QED) is 0.255. The molecule has 198 valence electrons. The number of benzene rings is 1. The van der Waals surface area contributed by atoms with E-state index in [0.29, 0.717) is 40.1 Å². The lowest BCUT2D eigenvalue weighted by atomic mass is 10.1. The standard InChI is InChI=1S/C25H28ClN3O5S3/c1-3-33-11-10-29-17-9-8-15(26)12-19(17)37-25(29)28-21(31)14-35-13-20(30)27-23-22(24(32)34-4-2)16-6-5-7-18(16)36-23/h8-9,12H,3-7,10-11,13-14H2,1-2H3,(H,27,30). The van der Waals surface area contributed by atoms with Gasteiger partial charge in [0.2, 0.25) is 5.91 Å². The topological polar surface area (TPSA) is 99.0 Å². The number of amides is 2. The molecule has 0 aliphatic heterocycles. The molecule has 0 saturated heterocycles. The van der Waals surface area contributed by atoms with Crippen LogP contribution in [0.25, 0.3) is 10.2 Å². The first kappa shape index (κ1) is 27.8. The molecule has 0 bridgehead atoms. The van der Waals surface area contributed by atoms with Crippen LogP contribution in [0, 0.1) is 0 Å². The molecule has 2 heterocycles. The number of thiazole rings is 1. The maximum Gasteiger partial charge on any atom is 0.341 e. The normalized spacial score (nSPS) is 13.2. The number of hydrogen-bond acceptors (Lipinski definition) is 8. The molecule has 0 saturated carbocycles. The van der Waals surface area contributed by atoms with Gasteiger partial charge < -0.3 is 19.4 Å². The van der Waals surface area contributed by atoms with Crippen molar-refractivity contribution in [2.45, 2.75) is 39.7 Å². The predicted molar refractivity (Wildman–Crippen MR) is 150 cm³/mol. The number of aromatic nitrogens is 1. The van der Waals surface area contributed by atoms with E-state index in [0.717, 1.165) is 39.9 Å². The average Bonchev–Trinajstić information content (AvgIpc) is 3.52. The average molecular weight is 582 g/mol. The number of halogens is 1. The fourth-order valence-electron chi connectivity index (χ4n) is 4.09. The third-order valence-corrected chi connectivity index (χ3v) is 9.04. The Morgan fingerprint density at radius 3 is 2.78 bits per heavy atom. The van der Waals surface area contributed by atoms with E-state index in [1.165, 1.54) is 34.4 Å². The van der Waals surface area contributed by atoms with Crippen molar-refractivity contribution in [2.24, 2.45) is 4.99 Å². The van der Waals surface area contributed by atoms with Gasteiger partial charge in [-0.3, -0.25) is 9.59 Å². The summed E-state index contributed by atoms with van der Waals surface area (Å²) in [5, 5.41) is 4.00. The van der Waals surface area contributed by atoms with E-state index in [2.05, 4.69) is 10.3 Å². The number of carbonyl (C=O) groups excluding carboxylic acids is 3. The molecule has 1 aromatic carbocycles. The lowest BCUT2D eigenvalue weighted by Gasteiger charge is -2.07. The zero-order valence-corrected chi connectivity index (χ0v) is 23.8. The Morgan fingerprint density at radius 1 is 1.16 bits per heavy atom. The van der Waals surface area contributed by atoms with Crippen LogP contribution in [0.2, 0.25) is 5.02 Å². The number of hydrogen-bond donors (Lipinski definition) is 1. The van der Waals surface area contributed by atoms with Gasteiger partial charge in [0, 0.05) is 23.1 Å². The highest BCUT2D eigenvalue weighted by Gasteiger charge is 2.28. The number of rotatable bonds is 11. The van der Waals surface area contributed by atoms with Gasteiger partial charge in [0.1, 0.15) is 5.00 Å². The largest absolute Gasteiger partial charge is 0.462 e. The van der Waals surface area contributed by atoms with Crippen LogP contribution < -0.4 is 10.1 Å². The number of fused-ring (bicyclic) bond motifs is 2. The number of nitrogens with zero attached hydrogens (tertiary/aromatic N) is 2. The highest BCUT2D eigenvalue weighted by molar-refractivity contribution is 8.00. The van der Waals surface area contributed by atoms with Gasteiger partial charge in [0.15, 0.2) is 4.80 Å². The van der Waals surface area contributed by atoms with Gasteiger partial charge in [-0.05, 0) is 56.9 Å². The Kier molecular flexibility index (Phi) is 9.83. The minimum Gasteiger partial charge on any atom is -0.462 e. The highest BCUT2D eigenvalue weighted by Crippen LogP contribution is 2.39. The molecule has 1 N–H and O–H groups in total. The number of thioether (sulfide) groups is 1. The van der Waals surface area contributed by atoms with Crippen molar-refractivity contribution in [3.8, 4) is 0 Å². The molecule has 0 unspecified atom stereocenters. The Labute approximate surface area is 232 Å². The summed E-state index contributed by atoms with van der Waals surface area (Å²) >= 11 is 10.2. The first-order valence-electron chi connectivity index (χ1n) is 12.0. The summed E-state index contributed by atoms with van der Waals surface area (Å²) < 4.78 is 13.6. The van der Waals surface area contributed by atoms with Gasteiger partial charge in [0.05, 0.1) is 40.5 Å². The van der Waals surface area contributed by atoms with Crippen molar-refractivity contribution in [3.63, 3.8) is 0 Å². The smallest absolute Gasteiger partial charge is 0.341 e. The van der Waals surface area contributed by atoms with E-state index in [1.54, 1.807) is 6.92 Å². The number of aryl methyl sites for hydroxylation is 1. The lowest BCUT2D eigenvalue weighted by molar-refractivity contribution is -0.115. The molecule has 0 fully saturated rings. The SMILES string of the molecule is CCOCCn1c(=NC(=O)CSCC(=O)Nc2sc3c(c2C(=O)OCC)CCC3)sc2cc(Cl)ccc21. The molecular weight excluding hydrogens is 554 g/mol. The van der Waals surface area contributed by atoms with Crippen molar-refractivity contribution in [3.05, 3.63) is 44.0 Å². The third kappa shape index (κ3) is 6.83. The number of carbonyl (C=O) groups is 3. The lowest BCUT2D eigenvalue weighted by Crippen LogP contribution is -2.20. The zero-order valence-electron chi connectivity index (χ0n) is 20.6. The van der Waals surface area contributed by atoms with Crippen molar-refractivity contribution in [1.82, 2.24) is 4.57 Å². The maximum atomic E-state index is 12.6. The molecular formula is C25H28ClN3O5S3. The number of esters is 1. The minimum atomic E-state index is -0.402. The molecule has 0 atom stereocenters. The first-order chi connectivity index (χ1) is 17.9. The van der Waals surface area contributed by atoms with Gasteiger partial charge in [-0.25, -0.2) is 4.79 Å². The number of anilines is 1. The summed E-state index contributed by atoms with van der Waals surface area (Å²) in [6.45, 7) is 5.63. The Bertz CT molecular complexity index is 1380. The van der Waals surface area contributed by atoms with E-state index in [1.807, 2.05) is 29.7 Å². The second kappa shape index (κ2) is 13.1. The minimum absolute atomic E-state index is 0.0551. The number of ether oxygens (including phenoxy) is 2. The monoisotopic (exact) mass is 581 g/mol. The van der Waals surface area contributed by atoms with E-state index in [4.69, 9.17) is 21.1 Å². The Morgan fingerprint density at radius 2 is 2.00 bits per heavy atom. The highest BCUT2D eigenvalue weighted by atomic mass is 35.5. The fraction of sp³-hybridized carbons (Fsp3) is 0.440. The van der Waals surface area contributed by atoms with E-state index >= 15 is 0 Å². The molecule has 2 aromatic heterocycles. The van der Waals surface area contributed by atoms with E-state index in [9.17, 15) is 14.4 Å².